The maximum Gasteiger partial charge on any atom is 0.134 e. The van der Waals surface area contributed by atoms with Crippen LogP contribution in [0.15, 0.2) is 42.5 Å². The number of ether oxygens (including phenoxy) is 2. The van der Waals surface area contributed by atoms with Gasteiger partial charge in [-0.15, -0.1) is 0 Å². The van der Waals surface area contributed by atoms with Gasteiger partial charge in [0.2, 0.25) is 0 Å². The van der Waals surface area contributed by atoms with Crippen LogP contribution in [0.3, 0.4) is 0 Å². The second-order valence-electron chi connectivity index (χ2n) is 4.12. The van der Waals surface area contributed by atoms with Gasteiger partial charge in [-0.1, -0.05) is 29.3 Å². The summed E-state index contributed by atoms with van der Waals surface area (Å²) in [4.78, 5) is 0. The quantitative estimate of drug-likeness (QED) is 0.795. The Kier molecular flexibility index (Phi) is 5.39. The van der Waals surface area contributed by atoms with Crippen molar-refractivity contribution >= 4 is 23.2 Å². The molecule has 0 fully saturated rings. The Morgan fingerprint density at radius 2 is 1.60 bits per heavy atom. The zero-order chi connectivity index (χ0) is 14.4. The van der Waals surface area contributed by atoms with E-state index in [1.54, 1.807) is 24.3 Å². The number of hydrogen-bond acceptors (Lipinski definition) is 3. The first-order valence-corrected chi connectivity index (χ1v) is 6.90. The number of phenols is 1. The second kappa shape index (κ2) is 7.27. The highest BCUT2D eigenvalue weighted by atomic mass is 35.5. The molecular weight excluding hydrogens is 299 g/mol. The third kappa shape index (κ3) is 4.51. The third-order valence-electron chi connectivity index (χ3n) is 2.54. The Morgan fingerprint density at radius 1 is 0.900 bits per heavy atom. The minimum Gasteiger partial charge on any atom is -0.506 e. The number of hydrogen-bond donors (Lipinski definition) is 1. The van der Waals surface area contributed by atoms with E-state index in [4.69, 9.17) is 32.7 Å². The first kappa shape index (κ1) is 14.8. The van der Waals surface area contributed by atoms with Crippen molar-refractivity contribution in [1.82, 2.24) is 0 Å². The van der Waals surface area contributed by atoms with Crippen molar-refractivity contribution in [2.24, 2.45) is 0 Å². The molecule has 0 amide bonds. The van der Waals surface area contributed by atoms with Gasteiger partial charge in [0.15, 0.2) is 0 Å². The average molecular weight is 313 g/mol. The van der Waals surface area contributed by atoms with Gasteiger partial charge >= 0.3 is 0 Å². The average Bonchev–Trinajstić information content (AvgIpc) is 2.42. The van der Waals surface area contributed by atoms with E-state index >= 15 is 0 Å². The number of aromatic hydroxyl groups is 1. The van der Waals surface area contributed by atoms with Gasteiger partial charge in [0.1, 0.15) is 17.2 Å². The Hall–Kier alpha value is -1.58. The van der Waals surface area contributed by atoms with Crippen LogP contribution >= 0.6 is 23.2 Å². The predicted molar refractivity (Wildman–Crippen MR) is 80.2 cm³/mol. The molecule has 0 saturated heterocycles. The van der Waals surface area contributed by atoms with E-state index in [2.05, 4.69) is 0 Å². The third-order valence-corrected chi connectivity index (χ3v) is 3.08. The Balaban J connectivity index is 1.70. The monoisotopic (exact) mass is 312 g/mol. The highest BCUT2D eigenvalue weighted by Crippen LogP contribution is 2.27. The van der Waals surface area contributed by atoms with E-state index in [1.807, 2.05) is 12.1 Å². The van der Waals surface area contributed by atoms with Gasteiger partial charge in [-0.3, -0.25) is 0 Å². The summed E-state index contributed by atoms with van der Waals surface area (Å²) in [5.41, 5.74) is 0. The molecule has 0 unspecified atom stereocenters. The molecule has 0 aliphatic carbocycles. The first-order chi connectivity index (χ1) is 9.65. The van der Waals surface area contributed by atoms with Gasteiger partial charge in [-0.05, 0) is 30.3 Å². The molecule has 2 aromatic carbocycles. The van der Waals surface area contributed by atoms with Gasteiger partial charge < -0.3 is 14.6 Å². The van der Waals surface area contributed by atoms with Gasteiger partial charge in [0, 0.05) is 17.5 Å². The van der Waals surface area contributed by atoms with E-state index in [0.29, 0.717) is 24.0 Å². The van der Waals surface area contributed by atoms with Crippen LogP contribution in [0.25, 0.3) is 0 Å². The highest BCUT2D eigenvalue weighted by Gasteiger charge is 2.01. The van der Waals surface area contributed by atoms with E-state index in [-0.39, 0.29) is 10.8 Å². The van der Waals surface area contributed by atoms with Gasteiger partial charge in [0.25, 0.3) is 0 Å². The largest absolute Gasteiger partial charge is 0.506 e. The number of rotatable bonds is 6. The zero-order valence-corrected chi connectivity index (χ0v) is 12.2. The Bertz CT molecular complexity index is 573. The van der Waals surface area contributed by atoms with E-state index in [1.165, 1.54) is 6.07 Å². The lowest BCUT2D eigenvalue weighted by Gasteiger charge is -2.08. The molecule has 2 aromatic rings. The molecule has 0 radical (unpaired) electrons. The van der Waals surface area contributed by atoms with E-state index in [9.17, 15) is 5.11 Å². The zero-order valence-electron chi connectivity index (χ0n) is 10.7. The molecule has 0 bridgehead atoms. The lowest BCUT2D eigenvalue weighted by molar-refractivity contribution is 0.247. The smallest absolute Gasteiger partial charge is 0.134 e. The molecule has 0 atom stereocenters. The van der Waals surface area contributed by atoms with Crippen molar-refractivity contribution in [1.29, 1.82) is 0 Å². The molecule has 0 heterocycles. The van der Waals surface area contributed by atoms with Crippen LogP contribution in [-0.4, -0.2) is 18.3 Å². The van der Waals surface area contributed by atoms with Gasteiger partial charge in [-0.2, -0.15) is 0 Å². The minimum atomic E-state index is 0.0447. The Labute approximate surface area is 127 Å². The predicted octanol–water partition coefficient (Wildman–Crippen LogP) is 4.55. The molecule has 5 heteroatoms. The summed E-state index contributed by atoms with van der Waals surface area (Å²) in [6, 6.07) is 12.0. The molecule has 0 aromatic heterocycles. The van der Waals surface area contributed by atoms with E-state index < -0.39 is 0 Å². The maximum absolute atomic E-state index is 9.28. The number of phenolic OH excluding ortho intramolecular Hbond substituents is 1. The fraction of sp³-hybridized carbons (Fsp3) is 0.200. The SMILES string of the molecule is Oc1ccc(OCCCOc2cccc(Cl)c2)cc1Cl. The van der Waals surface area contributed by atoms with Gasteiger partial charge in [-0.25, -0.2) is 0 Å². The summed E-state index contributed by atoms with van der Waals surface area (Å²) in [7, 11) is 0. The molecule has 0 aliphatic rings. The van der Waals surface area contributed by atoms with E-state index in [0.717, 1.165) is 12.2 Å². The molecule has 3 nitrogen and oxygen atoms in total. The van der Waals surface area contributed by atoms with Crippen molar-refractivity contribution < 1.29 is 14.6 Å². The van der Waals surface area contributed by atoms with Crippen molar-refractivity contribution in [3.05, 3.63) is 52.5 Å². The topological polar surface area (TPSA) is 38.7 Å². The summed E-state index contributed by atoms with van der Waals surface area (Å²) in [6.07, 6.45) is 0.727. The molecule has 0 saturated carbocycles. The molecule has 2 rings (SSSR count). The summed E-state index contributed by atoms with van der Waals surface area (Å²) >= 11 is 11.6. The highest BCUT2D eigenvalue weighted by molar-refractivity contribution is 6.32. The van der Waals surface area contributed by atoms with Crippen LogP contribution in [0.2, 0.25) is 10.0 Å². The fourth-order valence-corrected chi connectivity index (χ4v) is 1.92. The molecule has 1 N–H and O–H groups in total. The van der Waals surface area contributed by atoms with Crippen LogP contribution in [0.4, 0.5) is 0 Å². The lowest BCUT2D eigenvalue weighted by Crippen LogP contribution is -2.04. The summed E-state index contributed by atoms with van der Waals surface area (Å²) < 4.78 is 11.0. The molecule has 0 spiro atoms. The van der Waals surface area contributed by atoms with Crippen LogP contribution in [0.1, 0.15) is 6.42 Å². The van der Waals surface area contributed by atoms with Crippen LogP contribution in [0.5, 0.6) is 17.2 Å². The summed E-state index contributed by atoms with van der Waals surface area (Å²) in [5, 5.41) is 10.2. The second-order valence-corrected chi connectivity index (χ2v) is 4.96. The molecule has 20 heavy (non-hydrogen) atoms. The molecule has 0 aliphatic heterocycles. The lowest BCUT2D eigenvalue weighted by atomic mass is 10.3. The fourth-order valence-electron chi connectivity index (χ4n) is 1.57. The van der Waals surface area contributed by atoms with Crippen molar-refractivity contribution in [3.8, 4) is 17.2 Å². The molecular formula is C15H14Cl2O3. The first-order valence-electron chi connectivity index (χ1n) is 6.15. The van der Waals surface area contributed by atoms with Crippen LogP contribution in [0, 0.1) is 0 Å². The van der Waals surface area contributed by atoms with Crippen LogP contribution in [-0.2, 0) is 0 Å². The van der Waals surface area contributed by atoms with Gasteiger partial charge in [0.05, 0.1) is 18.2 Å². The summed E-state index contributed by atoms with van der Waals surface area (Å²) in [6.45, 7) is 1.04. The number of halogens is 2. The molecule has 106 valence electrons. The normalized spacial score (nSPS) is 10.3. The maximum atomic E-state index is 9.28. The standard InChI is InChI=1S/C15H14Cl2O3/c16-11-3-1-4-12(9-11)19-7-2-8-20-13-5-6-15(18)14(17)10-13/h1,3-6,9-10,18H,2,7-8H2. The minimum absolute atomic E-state index is 0.0447. The van der Waals surface area contributed by atoms with Crippen molar-refractivity contribution in [2.45, 2.75) is 6.42 Å². The van der Waals surface area contributed by atoms with Crippen molar-refractivity contribution in [2.75, 3.05) is 13.2 Å². The van der Waals surface area contributed by atoms with Crippen molar-refractivity contribution in [3.63, 3.8) is 0 Å². The summed E-state index contributed by atoms with van der Waals surface area (Å²) in [5.74, 6) is 1.41. The number of benzene rings is 2. The van der Waals surface area contributed by atoms with Crippen LogP contribution < -0.4 is 9.47 Å². The Morgan fingerprint density at radius 3 is 2.25 bits per heavy atom.